The lowest BCUT2D eigenvalue weighted by atomic mass is 9.63. The molecule has 6 rings (SSSR count). The van der Waals surface area contributed by atoms with Gasteiger partial charge < -0.3 is 4.74 Å². The zero-order valence-corrected chi connectivity index (χ0v) is 20.9. The lowest BCUT2D eigenvalue weighted by Crippen LogP contribution is -2.38. The van der Waals surface area contributed by atoms with Crippen molar-refractivity contribution in [3.05, 3.63) is 78.7 Å². The zero-order chi connectivity index (χ0) is 24.0. The third-order valence-corrected chi connectivity index (χ3v) is 7.79. The molecule has 0 aromatic heterocycles. The summed E-state index contributed by atoms with van der Waals surface area (Å²) in [7, 11) is 0. The number of allylic oxidation sites excluding steroid dienone is 2. The molecule has 2 aromatic carbocycles. The number of nitro benzene ring substituents is 1. The van der Waals surface area contributed by atoms with Gasteiger partial charge in [-0.3, -0.25) is 19.7 Å². The number of nitrogens with zero attached hydrogens (tertiary/aromatic N) is 3. The molecule has 2 bridgehead atoms. The molecule has 3 aliphatic carbocycles. The Morgan fingerprint density at radius 2 is 1.59 bits per heavy atom. The lowest BCUT2D eigenvalue weighted by Gasteiger charge is -2.37. The minimum Gasteiger partial charge on any atom is -0.487 e. The van der Waals surface area contributed by atoms with Crippen LogP contribution in [0.2, 0.25) is 0 Å². The SMILES string of the molecule is O=C1[C@H]2[C@H](C(=O)N1/N=C\c1cc(Br)c(OCc3ccc([N+](=O)[O-])cc3)c(Br)c1)[C@H]1C=C[C@H]2CC1. The summed E-state index contributed by atoms with van der Waals surface area (Å²) in [6.07, 6.45) is 7.55. The van der Waals surface area contributed by atoms with E-state index in [4.69, 9.17) is 4.74 Å². The van der Waals surface area contributed by atoms with Gasteiger partial charge in [-0.2, -0.15) is 10.1 Å². The smallest absolute Gasteiger partial charge is 0.269 e. The molecule has 174 valence electrons. The van der Waals surface area contributed by atoms with E-state index in [9.17, 15) is 19.7 Å². The molecule has 1 aliphatic heterocycles. The second-order valence-electron chi connectivity index (χ2n) is 8.60. The number of non-ortho nitro benzene ring substituents is 1. The molecule has 2 amide bonds. The molecule has 4 aliphatic rings. The molecule has 2 aromatic rings. The average molecular weight is 589 g/mol. The number of rotatable bonds is 6. The largest absolute Gasteiger partial charge is 0.487 e. The number of ether oxygens (including phenoxy) is 1. The molecular formula is C24H19Br2N3O5. The summed E-state index contributed by atoms with van der Waals surface area (Å²) in [5, 5.41) is 16.1. The summed E-state index contributed by atoms with van der Waals surface area (Å²) < 4.78 is 7.19. The van der Waals surface area contributed by atoms with Crippen LogP contribution in [0, 0.1) is 33.8 Å². The monoisotopic (exact) mass is 587 g/mol. The van der Waals surface area contributed by atoms with Crippen molar-refractivity contribution in [3.8, 4) is 5.75 Å². The zero-order valence-electron chi connectivity index (χ0n) is 17.8. The van der Waals surface area contributed by atoms with Crippen molar-refractivity contribution in [3.63, 3.8) is 0 Å². The Morgan fingerprint density at radius 1 is 1.03 bits per heavy atom. The fraction of sp³-hybridized carbons (Fsp3) is 0.292. The second kappa shape index (κ2) is 9.07. The van der Waals surface area contributed by atoms with E-state index in [0.29, 0.717) is 20.3 Å². The normalized spacial score (nSPS) is 25.3. The molecule has 1 saturated heterocycles. The quantitative estimate of drug-likeness (QED) is 0.151. The second-order valence-corrected chi connectivity index (χ2v) is 10.3. The first-order valence-electron chi connectivity index (χ1n) is 10.8. The van der Waals surface area contributed by atoms with Crippen LogP contribution < -0.4 is 4.74 Å². The molecule has 34 heavy (non-hydrogen) atoms. The van der Waals surface area contributed by atoms with Crippen molar-refractivity contribution in [1.82, 2.24) is 5.01 Å². The standard InChI is InChI=1S/C24H19Br2N3O5/c25-18-9-14(10-19(26)22(18)34-12-13-1-7-17(8-2-13)29(32)33)11-27-28-23(30)20-15-3-4-16(6-5-15)21(20)24(28)31/h1-4,7-11,15-16,20-21H,5-6,12H2/b27-11-/t15-,16-,20+,21+/m0/s1. The van der Waals surface area contributed by atoms with Crippen LogP contribution in [0.3, 0.4) is 0 Å². The number of carbonyl (C=O) groups excluding carboxylic acids is 2. The van der Waals surface area contributed by atoms with E-state index in [-0.39, 0.29) is 47.8 Å². The molecule has 1 saturated carbocycles. The van der Waals surface area contributed by atoms with Crippen molar-refractivity contribution >= 4 is 55.6 Å². The van der Waals surface area contributed by atoms with Gasteiger partial charge in [-0.1, -0.05) is 12.2 Å². The molecule has 0 spiro atoms. The van der Waals surface area contributed by atoms with Gasteiger partial charge in [0.05, 0.1) is 31.9 Å². The van der Waals surface area contributed by atoms with Gasteiger partial charge in [0.15, 0.2) is 0 Å². The van der Waals surface area contributed by atoms with Crippen molar-refractivity contribution in [2.75, 3.05) is 0 Å². The highest BCUT2D eigenvalue weighted by Crippen LogP contribution is 2.49. The van der Waals surface area contributed by atoms with Gasteiger partial charge in [0.2, 0.25) is 0 Å². The van der Waals surface area contributed by atoms with Crippen molar-refractivity contribution < 1.29 is 19.2 Å². The minimum atomic E-state index is -0.448. The lowest BCUT2D eigenvalue weighted by molar-refractivity contribution is -0.384. The number of hydrogen-bond donors (Lipinski definition) is 0. The van der Waals surface area contributed by atoms with Gasteiger partial charge in [-0.05, 0) is 91.9 Å². The number of hydrogen-bond acceptors (Lipinski definition) is 6. The van der Waals surface area contributed by atoms with E-state index in [1.165, 1.54) is 18.3 Å². The van der Waals surface area contributed by atoms with E-state index in [0.717, 1.165) is 23.4 Å². The van der Waals surface area contributed by atoms with Gasteiger partial charge in [0.25, 0.3) is 17.5 Å². The van der Waals surface area contributed by atoms with E-state index in [1.54, 1.807) is 24.3 Å². The molecule has 8 nitrogen and oxygen atoms in total. The number of amides is 2. The molecule has 1 heterocycles. The Morgan fingerprint density at radius 3 is 2.09 bits per heavy atom. The minimum absolute atomic E-state index is 0.0212. The van der Waals surface area contributed by atoms with Crippen molar-refractivity contribution in [2.24, 2.45) is 28.8 Å². The van der Waals surface area contributed by atoms with Crippen LogP contribution in [-0.4, -0.2) is 28.0 Å². The molecule has 0 N–H and O–H groups in total. The van der Waals surface area contributed by atoms with Gasteiger partial charge in [0, 0.05) is 12.1 Å². The van der Waals surface area contributed by atoms with Crippen LogP contribution in [0.25, 0.3) is 0 Å². The third-order valence-electron chi connectivity index (χ3n) is 6.61. The first-order chi connectivity index (χ1) is 16.3. The van der Waals surface area contributed by atoms with E-state index >= 15 is 0 Å². The van der Waals surface area contributed by atoms with E-state index < -0.39 is 4.92 Å². The molecular weight excluding hydrogens is 570 g/mol. The van der Waals surface area contributed by atoms with Crippen LogP contribution in [0.15, 0.2) is 62.6 Å². The summed E-state index contributed by atoms with van der Waals surface area (Å²) in [6, 6.07) is 9.71. The summed E-state index contributed by atoms with van der Waals surface area (Å²) in [6.45, 7) is 0.221. The predicted molar refractivity (Wildman–Crippen MR) is 131 cm³/mol. The van der Waals surface area contributed by atoms with Gasteiger partial charge >= 0.3 is 0 Å². The highest BCUT2D eigenvalue weighted by molar-refractivity contribution is 9.11. The maximum Gasteiger partial charge on any atom is 0.269 e. The van der Waals surface area contributed by atoms with Gasteiger partial charge in [-0.15, -0.1) is 0 Å². The first kappa shape index (κ1) is 22.9. The number of benzene rings is 2. The average Bonchev–Trinajstić information content (AvgIpc) is 3.10. The Kier molecular flexibility index (Phi) is 6.11. The molecule has 0 unspecified atom stereocenters. The van der Waals surface area contributed by atoms with E-state index in [1.807, 2.05) is 0 Å². The summed E-state index contributed by atoms with van der Waals surface area (Å²) >= 11 is 6.98. The topological polar surface area (TPSA) is 102 Å². The van der Waals surface area contributed by atoms with Crippen molar-refractivity contribution in [1.29, 1.82) is 0 Å². The fourth-order valence-electron chi connectivity index (χ4n) is 4.96. The number of nitro groups is 1. The first-order valence-corrected chi connectivity index (χ1v) is 12.4. The maximum atomic E-state index is 12.9. The van der Waals surface area contributed by atoms with Crippen molar-refractivity contribution in [2.45, 2.75) is 19.4 Å². The molecule has 4 atom stereocenters. The van der Waals surface area contributed by atoms with Crippen LogP contribution in [-0.2, 0) is 16.2 Å². The number of fused-ring (bicyclic) bond motifs is 1. The highest BCUT2D eigenvalue weighted by atomic mass is 79.9. The molecule has 2 fully saturated rings. The predicted octanol–water partition coefficient (Wildman–Crippen LogP) is 5.23. The highest BCUT2D eigenvalue weighted by Gasteiger charge is 2.56. The van der Waals surface area contributed by atoms with E-state index in [2.05, 4.69) is 49.1 Å². The van der Waals surface area contributed by atoms with Crippen LogP contribution in [0.5, 0.6) is 5.75 Å². The van der Waals surface area contributed by atoms with Gasteiger partial charge in [-0.25, -0.2) is 0 Å². The summed E-state index contributed by atoms with van der Waals surface area (Å²) in [4.78, 5) is 36.2. The summed E-state index contributed by atoms with van der Waals surface area (Å²) in [5.41, 5.74) is 1.48. The number of halogens is 2. The van der Waals surface area contributed by atoms with Gasteiger partial charge in [0.1, 0.15) is 12.4 Å². The Labute approximate surface area is 212 Å². The maximum absolute atomic E-state index is 12.9. The number of hydrazone groups is 1. The number of imide groups is 1. The molecule has 10 heteroatoms. The molecule has 0 radical (unpaired) electrons. The Hall–Kier alpha value is -2.85. The van der Waals surface area contributed by atoms with Crippen LogP contribution in [0.4, 0.5) is 5.69 Å². The Bertz CT molecular complexity index is 1190. The Balaban J connectivity index is 1.29. The fourth-order valence-corrected chi connectivity index (χ4v) is 6.41. The van der Waals surface area contributed by atoms with Crippen LogP contribution in [0.1, 0.15) is 24.0 Å². The summed E-state index contributed by atoms with van der Waals surface area (Å²) in [5.74, 6) is -0.205. The number of carbonyl (C=O) groups is 2. The van der Waals surface area contributed by atoms with Crippen LogP contribution >= 0.6 is 31.9 Å². The third kappa shape index (κ3) is 4.09.